The molecule has 0 bridgehead atoms. The number of thiophene rings is 1. The molecule has 23 heavy (non-hydrogen) atoms. The van der Waals surface area contributed by atoms with Gasteiger partial charge in [-0.15, -0.1) is 0 Å². The molecule has 0 amide bonds. The third kappa shape index (κ3) is 4.20. The van der Waals surface area contributed by atoms with E-state index in [0.29, 0.717) is 24.6 Å². The Kier molecular flexibility index (Phi) is 5.48. The number of hydrogen-bond donors (Lipinski definition) is 0. The largest absolute Gasteiger partial charge is 0.378 e. The highest BCUT2D eigenvalue weighted by Gasteiger charge is 2.29. The molecule has 1 aromatic carbocycles. The van der Waals surface area contributed by atoms with Gasteiger partial charge in [-0.3, -0.25) is 0 Å². The standard InChI is InChI=1S/C17H21NO3S2/c19-23(20,17-9-13-22-14-17)18-10-6-16(7-11-18)21-12-8-15-4-2-1-3-5-15/h1-5,9,13-14,16H,6-8,10-12H2. The normalized spacial score (nSPS) is 17.4. The highest BCUT2D eigenvalue weighted by molar-refractivity contribution is 7.89. The second-order valence-electron chi connectivity index (χ2n) is 5.67. The summed E-state index contributed by atoms with van der Waals surface area (Å²) in [5, 5.41) is 3.49. The summed E-state index contributed by atoms with van der Waals surface area (Å²) < 4.78 is 32.4. The molecule has 1 aromatic heterocycles. The van der Waals surface area contributed by atoms with Gasteiger partial charge in [-0.05, 0) is 36.3 Å². The van der Waals surface area contributed by atoms with Crippen LogP contribution in [0.15, 0.2) is 52.1 Å². The van der Waals surface area contributed by atoms with E-state index >= 15 is 0 Å². The summed E-state index contributed by atoms with van der Waals surface area (Å²) in [6.07, 6.45) is 2.58. The monoisotopic (exact) mass is 351 g/mol. The van der Waals surface area contributed by atoms with E-state index in [9.17, 15) is 8.42 Å². The number of nitrogens with zero attached hydrogens (tertiary/aromatic N) is 1. The minimum Gasteiger partial charge on any atom is -0.378 e. The molecule has 2 aromatic rings. The molecule has 3 rings (SSSR count). The lowest BCUT2D eigenvalue weighted by atomic mass is 10.1. The van der Waals surface area contributed by atoms with Gasteiger partial charge in [-0.1, -0.05) is 30.3 Å². The molecule has 1 saturated heterocycles. The van der Waals surface area contributed by atoms with Gasteiger partial charge < -0.3 is 4.74 Å². The van der Waals surface area contributed by atoms with Crippen molar-refractivity contribution in [2.45, 2.75) is 30.3 Å². The van der Waals surface area contributed by atoms with Gasteiger partial charge in [0.05, 0.1) is 17.6 Å². The van der Waals surface area contributed by atoms with E-state index in [2.05, 4.69) is 12.1 Å². The summed E-state index contributed by atoms with van der Waals surface area (Å²) in [6.45, 7) is 1.76. The molecule has 6 heteroatoms. The van der Waals surface area contributed by atoms with Crippen LogP contribution in [0.1, 0.15) is 18.4 Å². The highest BCUT2D eigenvalue weighted by Crippen LogP contribution is 2.23. The van der Waals surface area contributed by atoms with Crippen molar-refractivity contribution >= 4 is 21.4 Å². The minimum atomic E-state index is -3.32. The van der Waals surface area contributed by atoms with E-state index in [1.807, 2.05) is 18.2 Å². The average molecular weight is 351 g/mol. The molecule has 0 radical (unpaired) electrons. The summed E-state index contributed by atoms with van der Waals surface area (Å²) in [5.74, 6) is 0. The van der Waals surface area contributed by atoms with Gasteiger partial charge in [-0.25, -0.2) is 8.42 Å². The molecule has 124 valence electrons. The minimum absolute atomic E-state index is 0.160. The van der Waals surface area contributed by atoms with Gasteiger partial charge in [0.15, 0.2) is 0 Å². The summed E-state index contributed by atoms with van der Waals surface area (Å²) in [7, 11) is -3.32. The fourth-order valence-corrected chi connectivity index (χ4v) is 5.26. The molecule has 0 spiro atoms. The third-order valence-electron chi connectivity index (χ3n) is 4.12. The van der Waals surface area contributed by atoms with Crippen molar-refractivity contribution in [2.75, 3.05) is 19.7 Å². The Hall–Kier alpha value is -1.21. The van der Waals surface area contributed by atoms with Crippen LogP contribution in [-0.4, -0.2) is 38.5 Å². The van der Waals surface area contributed by atoms with Gasteiger partial charge in [0, 0.05) is 18.5 Å². The number of ether oxygens (including phenoxy) is 1. The third-order valence-corrected chi connectivity index (χ3v) is 6.85. The van der Waals surface area contributed by atoms with Crippen LogP contribution in [0.3, 0.4) is 0 Å². The fourth-order valence-electron chi connectivity index (χ4n) is 2.78. The molecule has 1 aliphatic heterocycles. The molecule has 1 fully saturated rings. The number of benzene rings is 1. The molecule has 2 heterocycles. The molecule has 0 saturated carbocycles. The van der Waals surface area contributed by atoms with Gasteiger partial charge in [0.1, 0.15) is 0 Å². The zero-order valence-electron chi connectivity index (χ0n) is 12.9. The molecular weight excluding hydrogens is 330 g/mol. The van der Waals surface area contributed by atoms with Crippen LogP contribution in [0, 0.1) is 0 Å². The Morgan fingerprint density at radius 2 is 1.87 bits per heavy atom. The van der Waals surface area contributed by atoms with Crippen LogP contribution in [0.5, 0.6) is 0 Å². The first-order valence-corrected chi connectivity index (χ1v) is 10.2. The van der Waals surface area contributed by atoms with Gasteiger partial charge in [0.2, 0.25) is 10.0 Å². The maximum atomic E-state index is 12.4. The fraction of sp³-hybridized carbons (Fsp3) is 0.412. The molecule has 4 nitrogen and oxygen atoms in total. The Bertz CT molecular complexity index is 691. The van der Waals surface area contributed by atoms with Crippen molar-refractivity contribution in [2.24, 2.45) is 0 Å². The van der Waals surface area contributed by atoms with E-state index in [1.165, 1.54) is 16.9 Å². The zero-order chi connectivity index (χ0) is 16.1. The zero-order valence-corrected chi connectivity index (χ0v) is 14.6. The van der Waals surface area contributed by atoms with Crippen LogP contribution in [0.4, 0.5) is 0 Å². The lowest BCUT2D eigenvalue weighted by Gasteiger charge is -2.31. The number of sulfonamides is 1. The van der Waals surface area contributed by atoms with Crippen molar-refractivity contribution in [3.05, 3.63) is 52.7 Å². The van der Waals surface area contributed by atoms with Crippen LogP contribution in [0.25, 0.3) is 0 Å². The second-order valence-corrected chi connectivity index (χ2v) is 8.39. The summed E-state index contributed by atoms with van der Waals surface area (Å²) in [4.78, 5) is 0.408. The Balaban J connectivity index is 1.45. The van der Waals surface area contributed by atoms with E-state index < -0.39 is 10.0 Å². The van der Waals surface area contributed by atoms with Gasteiger partial charge in [0.25, 0.3) is 0 Å². The van der Waals surface area contributed by atoms with Crippen molar-refractivity contribution in [1.82, 2.24) is 4.31 Å². The average Bonchev–Trinajstić information content (AvgIpc) is 3.12. The molecule has 0 N–H and O–H groups in total. The van der Waals surface area contributed by atoms with Crippen molar-refractivity contribution in [3.63, 3.8) is 0 Å². The van der Waals surface area contributed by atoms with Crippen LogP contribution < -0.4 is 0 Å². The summed E-state index contributed by atoms with van der Waals surface area (Å²) >= 11 is 1.41. The molecule has 0 aliphatic carbocycles. The Labute approximate surface area is 141 Å². The highest BCUT2D eigenvalue weighted by atomic mass is 32.2. The summed E-state index contributed by atoms with van der Waals surface area (Å²) in [6, 6.07) is 11.9. The van der Waals surface area contributed by atoms with Gasteiger partial charge >= 0.3 is 0 Å². The van der Waals surface area contributed by atoms with Crippen molar-refractivity contribution in [3.8, 4) is 0 Å². The summed E-state index contributed by atoms with van der Waals surface area (Å²) in [5.41, 5.74) is 1.27. The predicted octanol–water partition coefficient (Wildman–Crippen LogP) is 3.16. The topological polar surface area (TPSA) is 46.6 Å². The van der Waals surface area contributed by atoms with Gasteiger partial charge in [-0.2, -0.15) is 15.6 Å². The maximum absolute atomic E-state index is 12.4. The lowest BCUT2D eigenvalue weighted by Crippen LogP contribution is -2.40. The first-order valence-electron chi connectivity index (χ1n) is 7.84. The first-order chi connectivity index (χ1) is 11.2. The van der Waals surface area contributed by atoms with E-state index in [-0.39, 0.29) is 6.10 Å². The van der Waals surface area contributed by atoms with Crippen molar-refractivity contribution in [1.29, 1.82) is 0 Å². The van der Waals surface area contributed by atoms with E-state index in [4.69, 9.17) is 4.74 Å². The smallest absolute Gasteiger partial charge is 0.243 e. The molecule has 0 unspecified atom stereocenters. The van der Waals surface area contributed by atoms with Crippen LogP contribution in [0.2, 0.25) is 0 Å². The van der Waals surface area contributed by atoms with Crippen LogP contribution >= 0.6 is 11.3 Å². The Morgan fingerprint density at radius 1 is 1.13 bits per heavy atom. The number of hydrogen-bond acceptors (Lipinski definition) is 4. The SMILES string of the molecule is O=S(=O)(c1ccsc1)N1CCC(OCCc2ccccc2)CC1. The predicted molar refractivity (Wildman–Crippen MR) is 92.2 cm³/mol. The second kappa shape index (κ2) is 7.57. The number of piperidine rings is 1. The van der Waals surface area contributed by atoms with E-state index in [1.54, 1.807) is 21.1 Å². The van der Waals surface area contributed by atoms with Crippen LogP contribution in [-0.2, 0) is 21.2 Å². The molecular formula is C17H21NO3S2. The lowest BCUT2D eigenvalue weighted by molar-refractivity contribution is 0.0230. The van der Waals surface area contributed by atoms with Crippen molar-refractivity contribution < 1.29 is 13.2 Å². The Morgan fingerprint density at radius 3 is 2.52 bits per heavy atom. The molecule has 0 atom stereocenters. The molecule has 1 aliphatic rings. The maximum Gasteiger partial charge on any atom is 0.243 e. The quantitative estimate of drug-likeness (QED) is 0.803. The first kappa shape index (κ1) is 16.6. The number of rotatable bonds is 6. The van der Waals surface area contributed by atoms with E-state index in [0.717, 1.165) is 19.3 Å².